The maximum absolute atomic E-state index is 13.3. The highest BCUT2D eigenvalue weighted by molar-refractivity contribution is 7.89. The zero-order valence-corrected chi connectivity index (χ0v) is 17.9. The van der Waals surface area contributed by atoms with Crippen molar-refractivity contribution in [2.24, 2.45) is 0 Å². The Labute approximate surface area is 183 Å². The quantitative estimate of drug-likeness (QED) is 0.503. The lowest BCUT2D eigenvalue weighted by atomic mass is 10.1. The highest BCUT2D eigenvalue weighted by Crippen LogP contribution is 2.33. The number of methoxy groups -OCH3 is 1. The molecule has 0 saturated heterocycles. The first-order chi connectivity index (χ1) is 15.1. The molecule has 11 heteroatoms. The molecule has 0 atom stereocenters. The Morgan fingerprint density at radius 1 is 1.09 bits per heavy atom. The van der Waals surface area contributed by atoms with Gasteiger partial charge in [-0.3, -0.25) is 0 Å². The third-order valence-electron chi connectivity index (χ3n) is 4.66. The van der Waals surface area contributed by atoms with Crippen LogP contribution in [0.3, 0.4) is 0 Å². The molecule has 2 aromatic carbocycles. The molecule has 0 unspecified atom stereocenters. The minimum absolute atomic E-state index is 0.143. The number of ether oxygens (including phenoxy) is 1. The van der Waals surface area contributed by atoms with Crippen LogP contribution in [0.5, 0.6) is 5.75 Å². The van der Waals surface area contributed by atoms with Gasteiger partial charge in [0.15, 0.2) is 5.69 Å². The van der Waals surface area contributed by atoms with Gasteiger partial charge >= 0.3 is 6.18 Å². The van der Waals surface area contributed by atoms with E-state index in [4.69, 9.17) is 9.84 Å². The average molecular weight is 469 g/mol. The average Bonchev–Trinajstić information content (AvgIpc) is 3.20. The molecule has 2 N–H and O–H groups in total. The summed E-state index contributed by atoms with van der Waals surface area (Å²) in [4.78, 5) is 0. The standard InChI is InChI=1S/C21H22F3N3O4S/c1-31-18-8-6-17(7-9-18)27-19(14-20(26-27)21(22,23)24)16-4-2-15(3-5-16)10-11-25-32(29,30)13-12-28/h2-9,14,25,28H,10-13H2,1H3. The zero-order valence-electron chi connectivity index (χ0n) is 17.1. The van der Waals surface area contributed by atoms with E-state index in [0.29, 0.717) is 23.4 Å². The number of rotatable bonds is 9. The monoisotopic (exact) mass is 469 g/mol. The highest BCUT2D eigenvalue weighted by atomic mass is 32.2. The lowest BCUT2D eigenvalue weighted by Gasteiger charge is -2.10. The van der Waals surface area contributed by atoms with Crippen LogP contribution in [-0.4, -0.2) is 49.3 Å². The Balaban J connectivity index is 1.85. The van der Waals surface area contributed by atoms with E-state index in [0.717, 1.165) is 11.6 Å². The van der Waals surface area contributed by atoms with E-state index < -0.39 is 28.5 Å². The second-order valence-electron chi connectivity index (χ2n) is 6.91. The number of benzene rings is 2. The molecule has 0 fully saturated rings. The van der Waals surface area contributed by atoms with E-state index in [1.54, 1.807) is 48.5 Å². The summed E-state index contributed by atoms with van der Waals surface area (Å²) in [5.74, 6) is 0.195. The van der Waals surface area contributed by atoms with Gasteiger partial charge in [0.25, 0.3) is 0 Å². The number of aromatic nitrogens is 2. The molecule has 1 heterocycles. The molecule has 7 nitrogen and oxygen atoms in total. The number of hydrogen-bond donors (Lipinski definition) is 2. The molecule has 0 aliphatic heterocycles. The van der Waals surface area contributed by atoms with E-state index in [2.05, 4.69) is 9.82 Å². The van der Waals surface area contributed by atoms with Gasteiger partial charge in [-0.15, -0.1) is 0 Å². The van der Waals surface area contributed by atoms with Crippen molar-refractivity contribution in [1.29, 1.82) is 0 Å². The number of aliphatic hydroxyl groups is 1. The summed E-state index contributed by atoms with van der Waals surface area (Å²) in [5, 5.41) is 12.5. The molecule has 0 amide bonds. The predicted molar refractivity (Wildman–Crippen MR) is 113 cm³/mol. The van der Waals surface area contributed by atoms with Crippen LogP contribution in [0.25, 0.3) is 16.9 Å². The van der Waals surface area contributed by atoms with E-state index in [9.17, 15) is 21.6 Å². The molecule has 3 aromatic rings. The molecule has 0 aliphatic carbocycles. The van der Waals surface area contributed by atoms with Crippen molar-refractivity contribution in [2.45, 2.75) is 12.6 Å². The summed E-state index contributed by atoms with van der Waals surface area (Å²) in [7, 11) is -2.04. The van der Waals surface area contributed by atoms with Crippen molar-refractivity contribution < 1.29 is 31.4 Å². The Hall–Kier alpha value is -2.89. The van der Waals surface area contributed by atoms with E-state index >= 15 is 0 Å². The molecule has 3 rings (SSSR count). The molecule has 0 bridgehead atoms. The SMILES string of the molecule is COc1ccc(-n2nc(C(F)(F)F)cc2-c2ccc(CCNS(=O)(=O)CCO)cc2)cc1. The number of nitrogens with zero attached hydrogens (tertiary/aromatic N) is 2. The summed E-state index contributed by atoms with van der Waals surface area (Å²) in [5.41, 5.74) is 1.02. The van der Waals surface area contributed by atoms with Crippen LogP contribution in [-0.2, 0) is 22.6 Å². The normalized spacial score (nSPS) is 12.2. The summed E-state index contributed by atoms with van der Waals surface area (Å²) in [6.45, 7) is -0.324. The van der Waals surface area contributed by atoms with Gasteiger partial charge in [0, 0.05) is 12.1 Å². The molecular weight excluding hydrogens is 447 g/mol. The number of alkyl halides is 3. The zero-order chi connectivity index (χ0) is 23.4. The van der Waals surface area contributed by atoms with Gasteiger partial charge < -0.3 is 9.84 Å². The van der Waals surface area contributed by atoms with Crippen molar-refractivity contribution in [3.8, 4) is 22.7 Å². The summed E-state index contributed by atoms with van der Waals surface area (Å²) in [6.07, 6.45) is -4.21. The van der Waals surface area contributed by atoms with Crippen molar-refractivity contribution in [3.63, 3.8) is 0 Å². The first-order valence-corrected chi connectivity index (χ1v) is 11.3. The van der Waals surface area contributed by atoms with E-state index in [1.807, 2.05) is 0 Å². The van der Waals surface area contributed by atoms with Gasteiger partial charge in [-0.1, -0.05) is 24.3 Å². The maximum atomic E-state index is 13.3. The van der Waals surface area contributed by atoms with Crippen LogP contribution in [0, 0.1) is 0 Å². The number of halogens is 3. The van der Waals surface area contributed by atoms with Gasteiger partial charge in [0.2, 0.25) is 10.0 Å². The topological polar surface area (TPSA) is 93.5 Å². The minimum atomic E-state index is -4.60. The Bertz CT molecular complexity index is 1140. The first kappa shape index (κ1) is 23.8. The van der Waals surface area contributed by atoms with Crippen molar-refractivity contribution in [1.82, 2.24) is 14.5 Å². The lowest BCUT2D eigenvalue weighted by Crippen LogP contribution is -2.29. The minimum Gasteiger partial charge on any atom is -0.497 e. The second-order valence-corrected chi connectivity index (χ2v) is 8.83. The van der Waals surface area contributed by atoms with Gasteiger partial charge in [0.1, 0.15) is 5.75 Å². The molecule has 172 valence electrons. The Morgan fingerprint density at radius 2 is 1.75 bits per heavy atom. The van der Waals surface area contributed by atoms with Gasteiger partial charge in [0.05, 0.1) is 30.9 Å². The first-order valence-electron chi connectivity index (χ1n) is 9.62. The van der Waals surface area contributed by atoms with Gasteiger partial charge in [-0.05, 0) is 42.3 Å². The molecule has 0 aliphatic rings. The van der Waals surface area contributed by atoms with Crippen LogP contribution in [0.15, 0.2) is 54.6 Å². The molecule has 32 heavy (non-hydrogen) atoms. The molecule has 1 aromatic heterocycles. The summed E-state index contributed by atoms with van der Waals surface area (Å²) in [6, 6.07) is 14.2. The van der Waals surface area contributed by atoms with Crippen molar-refractivity contribution >= 4 is 10.0 Å². The summed E-state index contributed by atoms with van der Waals surface area (Å²) < 4.78 is 71.8. The van der Waals surface area contributed by atoms with Crippen molar-refractivity contribution in [3.05, 3.63) is 65.9 Å². The van der Waals surface area contributed by atoms with Crippen LogP contribution in [0.1, 0.15) is 11.3 Å². The highest BCUT2D eigenvalue weighted by Gasteiger charge is 2.35. The molecular formula is C21H22F3N3O4S. The number of nitrogens with one attached hydrogen (secondary N) is 1. The molecule has 0 spiro atoms. The van der Waals surface area contributed by atoms with E-state index in [1.165, 1.54) is 11.8 Å². The smallest absolute Gasteiger partial charge is 0.435 e. The van der Waals surface area contributed by atoms with Crippen molar-refractivity contribution in [2.75, 3.05) is 26.0 Å². The molecule has 0 saturated carbocycles. The number of aliphatic hydroxyl groups excluding tert-OH is 1. The van der Waals surface area contributed by atoms with Crippen LogP contribution < -0.4 is 9.46 Å². The Morgan fingerprint density at radius 3 is 2.31 bits per heavy atom. The van der Waals surface area contributed by atoms with Gasteiger partial charge in [-0.2, -0.15) is 18.3 Å². The largest absolute Gasteiger partial charge is 0.497 e. The number of hydrogen-bond acceptors (Lipinski definition) is 5. The third-order valence-corrected chi connectivity index (χ3v) is 6.03. The fraction of sp³-hybridized carbons (Fsp3) is 0.286. The van der Waals surface area contributed by atoms with E-state index in [-0.39, 0.29) is 18.0 Å². The molecule has 0 radical (unpaired) electrons. The fourth-order valence-electron chi connectivity index (χ4n) is 3.03. The van der Waals surface area contributed by atoms with Crippen LogP contribution in [0.2, 0.25) is 0 Å². The predicted octanol–water partition coefficient (Wildman–Crippen LogP) is 3.02. The summed E-state index contributed by atoms with van der Waals surface area (Å²) >= 11 is 0. The maximum Gasteiger partial charge on any atom is 0.435 e. The van der Waals surface area contributed by atoms with Crippen LogP contribution >= 0.6 is 0 Å². The third kappa shape index (κ3) is 5.87. The van der Waals surface area contributed by atoms with Crippen LogP contribution in [0.4, 0.5) is 13.2 Å². The lowest BCUT2D eigenvalue weighted by molar-refractivity contribution is -0.141. The second kappa shape index (κ2) is 9.72. The van der Waals surface area contributed by atoms with Gasteiger partial charge in [-0.25, -0.2) is 17.8 Å². The fourth-order valence-corrected chi connectivity index (χ4v) is 3.83. The Kier molecular flexibility index (Phi) is 7.22. The number of sulfonamides is 1.